The van der Waals surface area contributed by atoms with Gasteiger partial charge in [0.05, 0.1) is 11.9 Å². The highest BCUT2D eigenvalue weighted by molar-refractivity contribution is 5.96. The van der Waals surface area contributed by atoms with Gasteiger partial charge in [-0.1, -0.05) is 0 Å². The zero-order valence-electron chi connectivity index (χ0n) is 12.0. The SMILES string of the molecule is O=C(C1CC1)N1CCC2(CC(=O)N(c3cccnc3)C2)C1. The molecule has 3 aliphatic rings. The summed E-state index contributed by atoms with van der Waals surface area (Å²) in [4.78, 5) is 32.5. The number of aromatic nitrogens is 1. The third kappa shape index (κ3) is 2.20. The summed E-state index contributed by atoms with van der Waals surface area (Å²) in [6.45, 7) is 2.26. The van der Waals surface area contributed by atoms with Crippen molar-refractivity contribution in [1.29, 1.82) is 0 Å². The average molecular weight is 285 g/mol. The topological polar surface area (TPSA) is 53.5 Å². The van der Waals surface area contributed by atoms with E-state index in [1.807, 2.05) is 21.9 Å². The van der Waals surface area contributed by atoms with Crippen LogP contribution in [-0.2, 0) is 9.59 Å². The van der Waals surface area contributed by atoms with Crippen LogP contribution in [0.25, 0.3) is 0 Å². The van der Waals surface area contributed by atoms with Gasteiger partial charge in [0.2, 0.25) is 11.8 Å². The van der Waals surface area contributed by atoms with Crippen LogP contribution in [0.5, 0.6) is 0 Å². The van der Waals surface area contributed by atoms with Gasteiger partial charge in [-0.3, -0.25) is 14.6 Å². The molecule has 1 unspecified atom stereocenters. The Kier molecular flexibility index (Phi) is 2.77. The molecular weight excluding hydrogens is 266 g/mol. The minimum atomic E-state index is -0.0442. The highest BCUT2D eigenvalue weighted by Crippen LogP contribution is 2.43. The number of hydrogen-bond donors (Lipinski definition) is 0. The zero-order chi connectivity index (χ0) is 14.4. The van der Waals surface area contributed by atoms with Crippen LogP contribution < -0.4 is 4.90 Å². The van der Waals surface area contributed by atoms with Crippen LogP contribution in [-0.4, -0.2) is 41.3 Å². The lowest BCUT2D eigenvalue weighted by Crippen LogP contribution is -2.34. The molecule has 21 heavy (non-hydrogen) atoms. The molecule has 1 aliphatic carbocycles. The summed E-state index contributed by atoms with van der Waals surface area (Å²) < 4.78 is 0. The quantitative estimate of drug-likeness (QED) is 0.826. The number of carbonyl (C=O) groups is 2. The van der Waals surface area contributed by atoms with Crippen molar-refractivity contribution in [2.24, 2.45) is 11.3 Å². The van der Waals surface area contributed by atoms with E-state index >= 15 is 0 Å². The highest BCUT2D eigenvalue weighted by atomic mass is 16.2. The summed E-state index contributed by atoms with van der Waals surface area (Å²) in [5.74, 6) is 0.731. The van der Waals surface area contributed by atoms with Crippen molar-refractivity contribution in [2.75, 3.05) is 24.5 Å². The Morgan fingerprint density at radius 3 is 2.90 bits per heavy atom. The molecular formula is C16H19N3O2. The van der Waals surface area contributed by atoms with E-state index in [-0.39, 0.29) is 17.2 Å². The van der Waals surface area contributed by atoms with Gasteiger partial charge in [0, 0.05) is 43.6 Å². The molecule has 0 bridgehead atoms. The predicted octanol–water partition coefficient (Wildman–Crippen LogP) is 1.45. The van der Waals surface area contributed by atoms with Crippen molar-refractivity contribution >= 4 is 17.5 Å². The Hall–Kier alpha value is -1.91. The molecule has 2 aliphatic heterocycles. The molecule has 3 heterocycles. The van der Waals surface area contributed by atoms with Crippen molar-refractivity contribution in [3.05, 3.63) is 24.5 Å². The van der Waals surface area contributed by atoms with Crippen LogP contribution in [0.3, 0.4) is 0 Å². The van der Waals surface area contributed by atoms with Crippen molar-refractivity contribution in [2.45, 2.75) is 25.7 Å². The second-order valence-corrected chi connectivity index (χ2v) is 6.65. The maximum atomic E-state index is 12.4. The molecule has 4 rings (SSSR count). The van der Waals surface area contributed by atoms with Gasteiger partial charge in [0.1, 0.15) is 0 Å². The van der Waals surface area contributed by atoms with Crippen LogP contribution >= 0.6 is 0 Å². The van der Waals surface area contributed by atoms with E-state index in [9.17, 15) is 9.59 Å². The van der Waals surface area contributed by atoms with Gasteiger partial charge in [-0.2, -0.15) is 0 Å². The average Bonchev–Trinajstić information content (AvgIpc) is 3.20. The van der Waals surface area contributed by atoms with E-state index in [0.29, 0.717) is 18.9 Å². The minimum absolute atomic E-state index is 0.0442. The van der Waals surface area contributed by atoms with Gasteiger partial charge >= 0.3 is 0 Å². The molecule has 1 atom stereocenters. The van der Waals surface area contributed by atoms with Gasteiger partial charge in [-0.15, -0.1) is 0 Å². The number of hydrogen-bond acceptors (Lipinski definition) is 3. The summed E-state index contributed by atoms with van der Waals surface area (Å²) >= 11 is 0. The Labute approximate surface area is 123 Å². The van der Waals surface area contributed by atoms with Gasteiger partial charge in [-0.25, -0.2) is 0 Å². The summed E-state index contributed by atoms with van der Waals surface area (Å²) in [6, 6.07) is 3.77. The fourth-order valence-corrected chi connectivity index (χ4v) is 3.63. The van der Waals surface area contributed by atoms with E-state index in [2.05, 4.69) is 4.98 Å². The van der Waals surface area contributed by atoms with Crippen molar-refractivity contribution in [3.8, 4) is 0 Å². The summed E-state index contributed by atoms with van der Waals surface area (Å²) in [6.07, 6.45) is 7.03. The van der Waals surface area contributed by atoms with E-state index < -0.39 is 0 Å². The lowest BCUT2D eigenvalue weighted by Gasteiger charge is -2.24. The van der Waals surface area contributed by atoms with Crippen molar-refractivity contribution in [3.63, 3.8) is 0 Å². The molecule has 0 N–H and O–H groups in total. The molecule has 110 valence electrons. The fraction of sp³-hybridized carbons (Fsp3) is 0.562. The smallest absolute Gasteiger partial charge is 0.227 e. The minimum Gasteiger partial charge on any atom is -0.342 e. The molecule has 2 saturated heterocycles. The summed E-state index contributed by atoms with van der Waals surface area (Å²) in [5, 5.41) is 0. The Morgan fingerprint density at radius 2 is 2.19 bits per heavy atom. The van der Waals surface area contributed by atoms with Gasteiger partial charge in [0.15, 0.2) is 0 Å². The van der Waals surface area contributed by atoms with Crippen LogP contribution in [0.1, 0.15) is 25.7 Å². The van der Waals surface area contributed by atoms with E-state index in [1.165, 1.54) is 0 Å². The molecule has 5 heteroatoms. The zero-order valence-corrected chi connectivity index (χ0v) is 12.0. The summed E-state index contributed by atoms with van der Waals surface area (Å²) in [5.41, 5.74) is 0.823. The first-order valence-electron chi connectivity index (χ1n) is 7.66. The number of likely N-dealkylation sites (tertiary alicyclic amines) is 1. The lowest BCUT2D eigenvalue weighted by atomic mass is 9.86. The van der Waals surface area contributed by atoms with E-state index in [1.54, 1.807) is 12.4 Å². The third-order valence-electron chi connectivity index (χ3n) is 4.95. The molecule has 1 aromatic rings. The van der Waals surface area contributed by atoms with Gasteiger partial charge in [-0.05, 0) is 31.4 Å². The molecule has 1 aromatic heterocycles. The first-order chi connectivity index (χ1) is 10.2. The van der Waals surface area contributed by atoms with E-state index in [0.717, 1.165) is 38.0 Å². The molecule has 3 fully saturated rings. The largest absolute Gasteiger partial charge is 0.342 e. The van der Waals surface area contributed by atoms with Gasteiger partial charge in [0.25, 0.3) is 0 Å². The molecule has 1 saturated carbocycles. The first-order valence-corrected chi connectivity index (χ1v) is 7.66. The number of amides is 2. The van der Waals surface area contributed by atoms with Crippen LogP contribution in [0, 0.1) is 11.3 Å². The third-order valence-corrected chi connectivity index (χ3v) is 4.95. The Morgan fingerprint density at radius 1 is 1.33 bits per heavy atom. The second kappa shape index (κ2) is 4.55. The Balaban J connectivity index is 1.50. The molecule has 2 amide bonds. The molecule has 0 aromatic carbocycles. The van der Waals surface area contributed by atoms with Crippen molar-refractivity contribution in [1.82, 2.24) is 9.88 Å². The molecule has 0 radical (unpaired) electrons. The molecule has 5 nitrogen and oxygen atoms in total. The normalized spacial score (nSPS) is 28.7. The standard InChI is InChI=1S/C16H19N3O2/c20-14-8-16(11-19(14)13-2-1-6-17-9-13)5-7-18(10-16)15(21)12-3-4-12/h1-2,6,9,12H,3-5,7-8,10-11H2. The molecule has 1 spiro atoms. The predicted molar refractivity (Wildman–Crippen MR) is 77.6 cm³/mol. The number of carbonyl (C=O) groups excluding carboxylic acids is 2. The highest BCUT2D eigenvalue weighted by Gasteiger charge is 2.50. The van der Waals surface area contributed by atoms with Crippen LogP contribution in [0.15, 0.2) is 24.5 Å². The lowest BCUT2D eigenvalue weighted by molar-refractivity contribution is -0.132. The first kappa shape index (κ1) is 12.8. The Bertz CT molecular complexity index is 584. The maximum absolute atomic E-state index is 12.4. The van der Waals surface area contributed by atoms with Gasteiger partial charge < -0.3 is 9.80 Å². The monoisotopic (exact) mass is 285 g/mol. The van der Waals surface area contributed by atoms with E-state index in [4.69, 9.17) is 0 Å². The number of rotatable bonds is 2. The van der Waals surface area contributed by atoms with Crippen molar-refractivity contribution < 1.29 is 9.59 Å². The number of anilines is 1. The fourth-order valence-electron chi connectivity index (χ4n) is 3.63. The maximum Gasteiger partial charge on any atom is 0.227 e. The van der Waals surface area contributed by atoms with Crippen LogP contribution in [0.4, 0.5) is 5.69 Å². The number of pyridine rings is 1. The number of nitrogens with zero attached hydrogens (tertiary/aromatic N) is 3. The summed E-state index contributed by atoms with van der Waals surface area (Å²) in [7, 11) is 0. The van der Waals surface area contributed by atoms with Crippen LogP contribution in [0.2, 0.25) is 0 Å². The second-order valence-electron chi connectivity index (χ2n) is 6.65.